The zero-order valence-corrected chi connectivity index (χ0v) is 17.8. The highest BCUT2D eigenvalue weighted by molar-refractivity contribution is 5.69. The molecule has 0 radical (unpaired) electrons. The first-order chi connectivity index (χ1) is 14.4. The fourth-order valence-electron chi connectivity index (χ4n) is 4.04. The van der Waals surface area contributed by atoms with Gasteiger partial charge in [0.25, 0.3) is 5.89 Å². The van der Waals surface area contributed by atoms with Crippen molar-refractivity contribution in [1.82, 2.24) is 15.1 Å². The molecule has 2 heterocycles. The SMILES string of the molecule is COC(=O)CCCc1ccc(-c2noc(-c3cncc4c3CCC(C)(C)C4)n2)cc1. The molecule has 0 unspecified atom stereocenters. The van der Waals surface area contributed by atoms with Gasteiger partial charge in [-0.2, -0.15) is 4.98 Å². The Balaban J connectivity index is 1.49. The van der Waals surface area contributed by atoms with Gasteiger partial charge in [-0.15, -0.1) is 0 Å². The molecule has 6 nitrogen and oxygen atoms in total. The Labute approximate surface area is 176 Å². The Kier molecular flexibility index (Phi) is 5.66. The third-order valence-corrected chi connectivity index (χ3v) is 5.81. The molecule has 0 bridgehead atoms. The average Bonchev–Trinajstić information content (AvgIpc) is 3.23. The van der Waals surface area contributed by atoms with Gasteiger partial charge in [0.2, 0.25) is 5.82 Å². The third kappa shape index (κ3) is 4.42. The van der Waals surface area contributed by atoms with Crippen molar-refractivity contribution in [2.24, 2.45) is 5.41 Å². The second-order valence-electron chi connectivity index (χ2n) is 8.72. The summed E-state index contributed by atoms with van der Waals surface area (Å²) < 4.78 is 10.3. The lowest BCUT2D eigenvalue weighted by molar-refractivity contribution is -0.140. The molecule has 0 spiro atoms. The third-order valence-electron chi connectivity index (χ3n) is 5.81. The number of fused-ring (bicyclic) bond motifs is 1. The van der Waals surface area contributed by atoms with Crippen molar-refractivity contribution in [3.05, 3.63) is 53.3 Å². The molecule has 6 heteroatoms. The van der Waals surface area contributed by atoms with Crippen molar-refractivity contribution >= 4 is 5.97 Å². The summed E-state index contributed by atoms with van der Waals surface area (Å²) in [5, 5.41) is 4.19. The van der Waals surface area contributed by atoms with E-state index in [4.69, 9.17) is 4.52 Å². The Morgan fingerprint density at radius 3 is 2.77 bits per heavy atom. The molecule has 1 aliphatic rings. The highest BCUT2D eigenvalue weighted by Crippen LogP contribution is 2.38. The lowest BCUT2D eigenvalue weighted by Gasteiger charge is -2.31. The van der Waals surface area contributed by atoms with Crippen LogP contribution >= 0.6 is 0 Å². The van der Waals surface area contributed by atoms with Crippen LogP contribution in [-0.4, -0.2) is 28.2 Å². The fourth-order valence-corrected chi connectivity index (χ4v) is 4.04. The minimum absolute atomic E-state index is 0.174. The highest BCUT2D eigenvalue weighted by atomic mass is 16.5. The summed E-state index contributed by atoms with van der Waals surface area (Å²) in [5.74, 6) is 0.920. The fraction of sp³-hybridized carbons (Fsp3) is 0.417. The zero-order chi connectivity index (χ0) is 21.1. The molecule has 156 valence electrons. The van der Waals surface area contributed by atoms with Crippen LogP contribution in [0, 0.1) is 5.41 Å². The highest BCUT2D eigenvalue weighted by Gasteiger charge is 2.28. The zero-order valence-electron chi connectivity index (χ0n) is 17.8. The molecule has 0 N–H and O–H groups in total. The van der Waals surface area contributed by atoms with Gasteiger partial charge < -0.3 is 9.26 Å². The van der Waals surface area contributed by atoms with E-state index < -0.39 is 0 Å². The van der Waals surface area contributed by atoms with E-state index in [0.717, 1.165) is 48.8 Å². The van der Waals surface area contributed by atoms with Gasteiger partial charge in [-0.1, -0.05) is 43.3 Å². The lowest BCUT2D eigenvalue weighted by atomic mass is 9.74. The first-order valence-corrected chi connectivity index (χ1v) is 10.4. The molecule has 2 aromatic heterocycles. The van der Waals surface area contributed by atoms with E-state index >= 15 is 0 Å². The molecule has 0 amide bonds. The van der Waals surface area contributed by atoms with Crippen LogP contribution in [0.15, 0.2) is 41.2 Å². The smallest absolute Gasteiger partial charge is 0.305 e. The Morgan fingerprint density at radius 1 is 1.20 bits per heavy atom. The first kappa shape index (κ1) is 20.3. The number of hydrogen-bond donors (Lipinski definition) is 0. The number of esters is 1. The summed E-state index contributed by atoms with van der Waals surface area (Å²) in [6, 6.07) is 8.06. The van der Waals surface area contributed by atoms with Gasteiger partial charge in [-0.3, -0.25) is 9.78 Å². The van der Waals surface area contributed by atoms with Crippen molar-refractivity contribution in [3.63, 3.8) is 0 Å². The molecular weight excluding hydrogens is 378 g/mol. The average molecular weight is 405 g/mol. The predicted molar refractivity (Wildman–Crippen MR) is 114 cm³/mol. The number of carbonyl (C=O) groups is 1. The summed E-state index contributed by atoms with van der Waals surface area (Å²) in [5.41, 5.74) is 5.86. The van der Waals surface area contributed by atoms with Gasteiger partial charge >= 0.3 is 5.97 Å². The Bertz CT molecular complexity index is 1040. The maximum atomic E-state index is 11.2. The minimum atomic E-state index is -0.174. The number of methoxy groups -OCH3 is 1. The standard InChI is InChI=1S/C24H27N3O3/c1-24(2)12-11-19-18(13-24)14-25-15-20(19)23-26-22(27-30-23)17-9-7-16(8-10-17)5-4-6-21(28)29-3/h7-10,14-15H,4-6,11-13H2,1-3H3. The number of nitrogens with zero attached hydrogens (tertiary/aromatic N) is 3. The number of carbonyl (C=O) groups excluding carboxylic acids is 1. The van der Waals surface area contributed by atoms with Crippen LogP contribution in [0.4, 0.5) is 0 Å². The van der Waals surface area contributed by atoms with Gasteiger partial charge in [0.1, 0.15) is 0 Å². The molecular formula is C24H27N3O3. The molecule has 1 aliphatic carbocycles. The van der Waals surface area contributed by atoms with Crippen LogP contribution < -0.4 is 0 Å². The van der Waals surface area contributed by atoms with Gasteiger partial charge in [0, 0.05) is 24.4 Å². The number of ether oxygens (including phenoxy) is 1. The maximum absolute atomic E-state index is 11.2. The van der Waals surface area contributed by atoms with E-state index in [2.05, 4.69) is 33.7 Å². The number of aromatic nitrogens is 3. The normalized spacial score (nSPS) is 14.9. The molecule has 0 saturated heterocycles. The van der Waals surface area contributed by atoms with E-state index in [9.17, 15) is 4.79 Å². The van der Waals surface area contributed by atoms with Gasteiger partial charge in [0.15, 0.2) is 0 Å². The van der Waals surface area contributed by atoms with Crippen LogP contribution in [0.2, 0.25) is 0 Å². The summed E-state index contributed by atoms with van der Waals surface area (Å²) in [6.45, 7) is 4.60. The first-order valence-electron chi connectivity index (χ1n) is 10.4. The summed E-state index contributed by atoms with van der Waals surface area (Å²) in [7, 11) is 1.42. The lowest BCUT2D eigenvalue weighted by Crippen LogP contribution is -2.22. The van der Waals surface area contributed by atoms with Crippen molar-refractivity contribution < 1.29 is 14.1 Å². The van der Waals surface area contributed by atoms with Crippen LogP contribution in [0.25, 0.3) is 22.8 Å². The molecule has 0 aliphatic heterocycles. The Morgan fingerprint density at radius 2 is 2.00 bits per heavy atom. The topological polar surface area (TPSA) is 78.1 Å². The van der Waals surface area contributed by atoms with Crippen LogP contribution in [0.1, 0.15) is 49.8 Å². The van der Waals surface area contributed by atoms with E-state index in [-0.39, 0.29) is 5.97 Å². The van der Waals surface area contributed by atoms with Crippen molar-refractivity contribution in [1.29, 1.82) is 0 Å². The maximum Gasteiger partial charge on any atom is 0.305 e. The van der Waals surface area contributed by atoms with E-state index in [1.807, 2.05) is 36.7 Å². The van der Waals surface area contributed by atoms with Crippen molar-refractivity contribution in [2.75, 3.05) is 7.11 Å². The summed E-state index contributed by atoms with van der Waals surface area (Å²) >= 11 is 0. The minimum Gasteiger partial charge on any atom is -0.469 e. The number of pyridine rings is 1. The Hall–Kier alpha value is -3.02. The molecule has 3 aromatic rings. The van der Waals surface area contributed by atoms with Gasteiger partial charge in [-0.05, 0) is 54.2 Å². The molecule has 4 rings (SSSR count). The second kappa shape index (κ2) is 8.38. The monoisotopic (exact) mass is 405 g/mol. The van der Waals surface area contributed by atoms with Gasteiger partial charge in [-0.25, -0.2) is 0 Å². The molecule has 0 atom stereocenters. The second-order valence-corrected chi connectivity index (χ2v) is 8.72. The largest absolute Gasteiger partial charge is 0.469 e. The number of rotatable bonds is 6. The molecule has 30 heavy (non-hydrogen) atoms. The molecule has 0 saturated carbocycles. The van der Waals surface area contributed by atoms with Crippen molar-refractivity contribution in [2.45, 2.75) is 52.4 Å². The quantitative estimate of drug-likeness (QED) is 0.548. The van der Waals surface area contributed by atoms with Crippen LogP contribution in [-0.2, 0) is 28.8 Å². The van der Waals surface area contributed by atoms with E-state index in [0.29, 0.717) is 23.6 Å². The number of benzene rings is 1. The van der Waals surface area contributed by atoms with E-state index in [1.165, 1.54) is 18.2 Å². The van der Waals surface area contributed by atoms with E-state index in [1.54, 1.807) is 0 Å². The van der Waals surface area contributed by atoms with Gasteiger partial charge in [0.05, 0.1) is 12.7 Å². The van der Waals surface area contributed by atoms with Crippen LogP contribution in [0.3, 0.4) is 0 Å². The number of aryl methyl sites for hydroxylation is 1. The number of hydrogen-bond acceptors (Lipinski definition) is 6. The van der Waals surface area contributed by atoms with Crippen LogP contribution in [0.5, 0.6) is 0 Å². The summed E-state index contributed by atoms with van der Waals surface area (Å²) in [6.07, 6.45) is 8.97. The molecule has 0 fully saturated rings. The predicted octanol–water partition coefficient (Wildman–Crippen LogP) is 4.81. The molecule has 1 aromatic carbocycles. The van der Waals surface area contributed by atoms with Crippen molar-refractivity contribution in [3.8, 4) is 22.8 Å². The summed E-state index contributed by atoms with van der Waals surface area (Å²) in [4.78, 5) is 20.3.